The molecule has 0 atom stereocenters. The van der Waals surface area contributed by atoms with Crippen molar-refractivity contribution in [1.82, 2.24) is 9.55 Å². The molecule has 2 N–H and O–H groups in total. The van der Waals surface area contributed by atoms with Crippen molar-refractivity contribution in [2.45, 2.75) is 57.3 Å². The Hall–Kier alpha value is -2.60. The quantitative estimate of drug-likeness (QED) is 0.771. The molecule has 1 saturated carbocycles. The highest BCUT2D eigenvalue weighted by Gasteiger charge is 2.36. The summed E-state index contributed by atoms with van der Waals surface area (Å²) in [6, 6.07) is 2.05. The van der Waals surface area contributed by atoms with Gasteiger partial charge in [-0.15, -0.1) is 0 Å². The van der Waals surface area contributed by atoms with Crippen LogP contribution in [0.4, 0.5) is 24.8 Å². The van der Waals surface area contributed by atoms with Gasteiger partial charge in [-0.3, -0.25) is 10.1 Å². The van der Waals surface area contributed by atoms with Crippen LogP contribution >= 0.6 is 0 Å². The Morgan fingerprint density at radius 1 is 1.41 bits per heavy atom. The number of imidazole rings is 1. The second kappa shape index (κ2) is 6.53. The van der Waals surface area contributed by atoms with Crippen molar-refractivity contribution in [3.05, 3.63) is 29.1 Å². The van der Waals surface area contributed by atoms with Crippen LogP contribution < -0.4 is 5.32 Å². The normalized spacial score (nSPS) is 15.4. The number of aromatic nitrogens is 2. The third-order valence-corrected chi connectivity index (χ3v) is 4.50. The number of benzene rings is 1. The van der Waals surface area contributed by atoms with E-state index in [2.05, 4.69) is 15.1 Å². The molecule has 1 aliphatic carbocycles. The number of amides is 1. The third kappa shape index (κ3) is 3.90. The molecule has 6 nitrogen and oxygen atoms in total. The Labute approximate surface area is 153 Å². The van der Waals surface area contributed by atoms with E-state index < -0.39 is 23.2 Å². The van der Waals surface area contributed by atoms with Crippen LogP contribution in [-0.2, 0) is 11.0 Å². The van der Waals surface area contributed by atoms with Gasteiger partial charge >= 0.3 is 6.18 Å². The molecule has 3 rings (SSSR count). The molecule has 0 bridgehead atoms. The minimum absolute atomic E-state index is 0.0107. The Morgan fingerprint density at radius 3 is 2.56 bits per heavy atom. The lowest BCUT2D eigenvalue weighted by molar-refractivity contribution is -0.136. The number of aliphatic hydroxyl groups is 1. The zero-order chi connectivity index (χ0) is 20.0. The van der Waals surface area contributed by atoms with E-state index in [-0.39, 0.29) is 35.1 Å². The number of nitrogens with zero attached hydrogens (tertiary/aromatic N) is 3. The van der Waals surface area contributed by atoms with Gasteiger partial charge in [-0.25, -0.2) is 9.83 Å². The van der Waals surface area contributed by atoms with Crippen molar-refractivity contribution in [3.63, 3.8) is 0 Å². The van der Waals surface area contributed by atoms with Crippen LogP contribution in [-0.4, -0.2) is 26.2 Å². The average Bonchev–Trinajstić information content (AvgIpc) is 2.79. The van der Waals surface area contributed by atoms with Crippen LogP contribution in [0.15, 0.2) is 12.1 Å². The van der Waals surface area contributed by atoms with Gasteiger partial charge in [0, 0.05) is 6.04 Å². The fraction of sp³-hybridized carbons (Fsp3) is 0.500. The Bertz CT molecular complexity index is 931. The summed E-state index contributed by atoms with van der Waals surface area (Å²) in [6.07, 6.45) is -2.46. The number of halogens is 3. The van der Waals surface area contributed by atoms with E-state index in [0.717, 1.165) is 25.3 Å². The first-order valence-electron chi connectivity index (χ1n) is 8.52. The Balaban J connectivity index is 2.16. The van der Waals surface area contributed by atoms with Crippen molar-refractivity contribution in [1.29, 1.82) is 0 Å². The summed E-state index contributed by atoms with van der Waals surface area (Å²) in [5.41, 5.74) is -2.50. The van der Waals surface area contributed by atoms with Gasteiger partial charge in [0.25, 0.3) is 0 Å². The molecule has 1 fully saturated rings. The van der Waals surface area contributed by atoms with Gasteiger partial charge in [-0.2, -0.15) is 13.2 Å². The largest absolute Gasteiger partial charge is 0.417 e. The highest BCUT2D eigenvalue weighted by atomic mass is 19.4. The minimum atomic E-state index is -4.67. The average molecular weight is 380 g/mol. The van der Waals surface area contributed by atoms with Gasteiger partial charge in [0.15, 0.2) is 5.69 Å². The number of nitrogens with one attached hydrogen (secondary N) is 1. The minimum Gasteiger partial charge on any atom is -0.390 e. The van der Waals surface area contributed by atoms with E-state index in [1.807, 2.05) is 0 Å². The van der Waals surface area contributed by atoms with Crippen molar-refractivity contribution < 1.29 is 23.1 Å². The summed E-state index contributed by atoms with van der Waals surface area (Å²) < 4.78 is 42.0. The van der Waals surface area contributed by atoms with Crippen LogP contribution in [0.2, 0.25) is 0 Å². The zero-order valence-electron chi connectivity index (χ0n) is 14.9. The number of hydrogen-bond acceptors (Lipinski definition) is 3. The fourth-order valence-corrected chi connectivity index (χ4v) is 3.12. The summed E-state index contributed by atoms with van der Waals surface area (Å²) in [4.78, 5) is 19.4. The van der Waals surface area contributed by atoms with Crippen LogP contribution in [0.1, 0.15) is 51.1 Å². The molecular weight excluding hydrogens is 361 g/mol. The maximum absolute atomic E-state index is 13.5. The fourth-order valence-electron chi connectivity index (χ4n) is 3.12. The number of alkyl halides is 3. The summed E-state index contributed by atoms with van der Waals surface area (Å²) in [7, 11) is 0. The first-order chi connectivity index (χ1) is 12.5. The predicted molar refractivity (Wildman–Crippen MR) is 93.4 cm³/mol. The number of rotatable bonds is 4. The highest BCUT2D eigenvalue weighted by Crippen LogP contribution is 2.42. The van der Waals surface area contributed by atoms with Gasteiger partial charge in [-0.1, -0.05) is 0 Å². The summed E-state index contributed by atoms with van der Waals surface area (Å²) in [5.74, 6) is -0.533. The molecule has 144 valence electrons. The number of fused-ring (bicyclic) bond motifs is 1. The lowest BCUT2D eigenvalue weighted by Crippen LogP contribution is -2.29. The smallest absolute Gasteiger partial charge is 0.390 e. The molecule has 1 aromatic carbocycles. The predicted octanol–water partition coefficient (Wildman–Crippen LogP) is 4.43. The van der Waals surface area contributed by atoms with Gasteiger partial charge < -0.3 is 9.67 Å². The Morgan fingerprint density at radius 2 is 2.07 bits per heavy atom. The molecule has 9 heteroatoms. The second-order valence-corrected chi connectivity index (χ2v) is 7.40. The lowest BCUT2D eigenvalue weighted by Gasteiger charge is -2.29. The van der Waals surface area contributed by atoms with Crippen LogP contribution in [0.5, 0.6) is 0 Å². The van der Waals surface area contributed by atoms with E-state index in [4.69, 9.17) is 6.57 Å². The first kappa shape index (κ1) is 19.2. The number of carbonyl (C=O) groups excluding carboxylic acids is 1. The topological polar surface area (TPSA) is 71.5 Å². The van der Waals surface area contributed by atoms with Crippen LogP contribution in [0.25, 0.3) is 15.9 Å². The molecule has 0 radical (unpaired) electrons. The maximum Gasteiger partial charge on any atom is 0.417 e. The van der Waals surface area contributed by atoms with E-state index in [1.54, 1.807) is 4.57 Å². The SMILES string of the molecule is [C-]#[N+]c1cc(C(F)(F)F)c2nc(NC(=O)CC(C)(C)O)n(C3CCC3)c2c1. The summed E-state index contributed by atoms with van der Waals surface area (Å²) in [6.45, 7) is 10.0. The molecule has 0 saturated heterocycles. The van der Waals surface area contributed by atoms with Crippen molar-refractivity contribution in [2.75, 3.05) is 5.32 Å². The van der Waals surface area contributed by atoms with E-state index in [0.29, 0.717) is 0 Å². The maximum atomic E-state index is 13.5. The first-order valence-corrected chi connectivity index (χ1v) is 8.52. The number of carbonyl (C=O) groups is 1. The zero-order valence-corrected chi connectivity index (χ0v) is 14.9. The molecule has 0 unspecified atom stereocenters. The van der Waals surface area contributed by atoms with Crippen molar-refractivity contribution >= 4 is 28.6 Å². The lowest BCUT2D eigenvalue weighted by atomic mass is 9.92. The summed E-state index contributed by atoms with van der Waals surface area (Å²) in [5, 5.41) is 12.3. The highest BCUT2D eigenvalue weighted by molar-refractivity contribution is 5.93. The second-order valence-electron chi connectivity index (χ2n) is 7.40. The number of anilines is 1. The molecular formula is C18H19F3N4O2. The van der Waals surface area contributed by atoms with E-state index >= 15 is 0 Å². The molecule has 1 amide bonds. The van der Waals surface area contributed by atoms with Crippen molar-refractivity contribution in [2.24, 2.45) is 0 Å². The van der Waals surface area contributed by atoms with E-state index in [1.165, 1.54) is 19.9 Å². The van der Waals surface area contributed by atoms with Gasteiger partial charge in [0.1, 0.15) is 5.52 Å². The van der Waals surface area contributed by atoms with E-state index in [9.17, 15) is 23.1 Å². The molecule has 0 spiro atoms. The van der Waals surface area contributed by atoms with Gasteiger partial charge in [-0.05, 0) is 45.2 Å². The van der Waals surface area contributed by atoms with Gasteiger partial charge in [0.2, 0.25) is 11.9 Å². The standard InChI is InChI=1S/C18H19F3N4O2/c1-17(2,27)9-14(26)23-16-24-15-12(18(19,20)21)7-10(22-3)8-13(15)25(16)11-5-4-6-11/h7-8,11,27H,4-6,9H2,1-2H3,(H,23,24,26). The molecule has 1 heterocycles. The summed E-state index contributed by atoms with van der Waals surface area (Å²) >= 11 is 0. The van der Waals surface area contributed by atoms with Gasteiger partial charge in [0.05, 0.1) is 29.7 Å². The molecule has 1 aromatic heterocycles. The molecule has 27 heavy (non-hydrogen) atoms. The Kier molecular flexibility index (Phi) is 4.64. The van der Waals surface area contributed by atoms with Crippen LogP contribution in [0, 0.1) is 6.57 Å². The molecule has 0 aliphatic heterocycles. The van der Waals surface area contributed by atoms with Crippen molar-refractivity contribution in [3.8, 4) is 0 Å². The van der Waals surface area contributed by atoms with Crippen LogP contribution in [0.3, 0.4) is 0 Å². The third-order valence-electron chi connectivity index (χ3n) is 4.50. The molecule has 1 aliphatic rings. The number of hydrogen-bond donors (Lipinski definition) is 2. The monoisotopic (exact) mass is 380 g/mol. The molecule has 2 aromatic rings.